The first-order chi connectivity index (χ1) is 5.14. The SMILES string of the molecule is COCO[C@H]1COC(C)(C)O1. The van der Waals surface area contributed by atoms with Crippen LogP contribution >= 0.6 is 0 Å². The van der Waals surface area contributed by atoms with Crippen LogP contribution in [0.4, 0.5) is 0 Å². The summed E-state index contributed by atoms with van der Waals surface area (Å²) >= 11 is 0. The maximum Gasteiger partial charge on any atom is 0.187 e. The van der Waals surface area contributed by atoms with E-state index in [0.717, 1.165) is 0 Å². The predicted molar refractivity (Wildman–Crippen MR) is 37.9 cm³/mol. The van der Waals surface area contributed by atoms with Crippen LogP contribution in [-0.2, 0) is 18.9 Å². The Morgan fingerprint density at radius 3 is 2.73 bits per heavy atom. The van der Waals surface area contributed by atoms with Crippen LogP contribution in [0.2, 0.25) is 0 Å². The third kappa shape index (κ3) is 2.75. The van der Waals surface area contributed by atoms with Crippen molar-refractivity contribution in [1.29, 1.82) is 0 Å². The molecule has 0 amide bonds. The van der Waals surface area contributed by atoms with Crippen molar-refractivity contribution in [2.45, 2.75) is 25.9 Å². The van der Waals surface area contributed by atoms with Crippen LogP contribution in [0.15, 0.2) is 0 Å². The van der Waals surface area contributed by atoms with Gasteiger partial charge < -0.3 is 18.9 Å². The first-order valence-electron chi connectivity index (χ1n) is 3.56. The number of hydrogen-bond donors (Lipinski definition) is 0. The van der Waals surface area contributed by atoms with E-state index in [9.17, 15) is 0 Å². The summed E-state index contributed by atoms with van der Waals surface area (Å²) in [6.07, 6.45) is -0.287. The van der Waals surface area contributed by atoms with Crippen molar-refractivity contribution in [2.24, 2.45) is 0 Å². The van der Waals surface area contributed by atoms with E-state index in [1.807, 2.05) is 13.8 Å². The van der Waals surface area contributed by atoms with Crippen LogP contribution in [0.25, 0.3) is 0 Å². The molecule has 1 aliphatic rings. The molecular weight excluding hydrogens is 148 g/mol. The van der Waals surface area contributed by atoms with E-state index in [1.165, 1.54) is 0 Å². The van der Waals surface area contributed by atoms with E-state index < -0.39 is 5.79 Å². The molecule has 0 aliphatic carbocycles. The molecule has 1 saturated heterocycles. The van der Waals surface area contributed by atoms with E-state index in [4.69, 9.17) is 18.9 Å². The summed E-state index contributed by atoms with van der Waals surface area (Å²) < 4.78 is 20.4. The van der Waals surface area contributed by atoms with Gasteiger partial charge in [-0.05, 0) is 13.8 Å². The molecule has 1 atom stereocenters. The highest BCUT2D eigenvalue weighted by atomic mass is 16.8. The second-order valence-electron chi connectivity index (χ2n) is 2.83. The average molecular weight is 162 g/mol. The Morgan fingerprint density at radius 2 is 2.27 bits per heavy atom. The molecule has 0 aromatic carbocycles. The fourth-order valence-electron chi connectivity index (χ4n) is 0.879. The Morgan fingerprint density at radius 1 is 1.55 bits per heavy atom. The van der Waals surface area contributed by atoms with E-state index in [0.29, 0.717) is 6.61 Å². The fraction of sp³-hybridized carbons (Fsp3) is 1.00. The quantitative estimate of drug-likeness (QED) is 0.573. The number of rotatable bonds is 3. The van der Waals surface area contributed by atoms with Crippen LogP contribution < -0.4 is 0 Å². The Balaban J connectivity index is 2.20. The van der Waals surface area contributed by atoms with Gasteiger partial charge >= 0.3 is 0 Å². The van der Waals surface area contributed by atoms with Gasteiger partial charge in [0.25, 0.3) is 0 Å². The molecule has 11 heavy (non-hydrogen) atoms. The van der Waals surface area contributed by atoms with Crippen molar-refractivity contribution in [3.63, 3.8) is 0 Å². The van der Waals surface area contributed by atoms with Crippen molar-refractivity contribution >= 4 is 0 Å². The maximum atomic E-state index is 5.33. The average Bonchev–Trinajstić information content (AvgIpc) is 2.26. The zero-order valence-corrected chi connectivity index (χ0v) is 7.12. The van der Waals surface area contributed by atoms with Crippen LogP contribution in [0.3, 0.4) is 0 Å². The van der Waals surface area contributed by atoms with Gasteiger partial charge in [0.2, 0.25) is 0 Å². The second-order valence-corrected chi connectivity index (χ2v) is 2.83. The third-order valence-corrected chi connectivity index (χ3v) is 1.35. The Hall–Kier alpha value is -0.160. The molecule has 1 aliphatic heterocycles. The molecule has 4 nitrogen and oxygen atoms in total. The molecule has 0 aromatic heterocycles. The van der Waals surface area contributed by atoms with Crippen molar-refractivity contribution < 1.29 is 18.9 Å². The summed E-state index contributed by atoms with van der Waals surface area (Å²) in [4.78, 5) is 0. The molecule has 0 radical (unpaired) electrons. The topological polar surface area (TPSA) is 36.9 Å². The summed E-state index contributed by atoms with van der Waals surface area (Å²) in [5.74, 6) is -0.515. The highest BCUT2D eigenvalue weighted by molar-refractivity contribution is 4.63. The van der Waals surface area contributed by atoms with E-state index in [1.54, 1.807) is 7.11 Å². The molecule has 1 heterocycles. The lowest BCUT2D eigenvalue weighted by Crippen LogP contribution is -2.23. The van der Waals surface area contributed by atoms with Crippen molar-refractivity contribution in [3.05, 3.63) is 0 Å². The number of methoxy groups -OCH3 is 1. The molecule has 1 rings (SSSR count). The highest BCUT2D eigenvalue weighted by Crippen LogP contribution is 2.22. The molecular formula is C7H14O4. The van der Waals surface area contributed by atoms with Crippen molar-refractivity contribution in [3.8, 4) is 0 Å². The van der Waals surface area contributed by atoms with Gasteiger partial charge in [0.1, 0.15) is 13.4 Å². The number of ether oxygens (including phenoxy) is 4. The number of hydrogen-bond acceptors (Lipinski definition) is 4. The van der Waals surface area contributed by atoms with Gasteiger partial charge in [-0.3, -0.25) is 0 Å². The molecule has 0 spiro atoms. The molecule has 0 N–H and O–H groups in total. The minimum atomic E-state index is -0.515. The molecule has 0 bridgehead atoms. The van der Waals surface area contributed by atoms with Gasteiger partial charge in [-0.25, -0.2) is 0 Å². The summed E-state index contributed by atoms with van der Waals surface area (Å²) in [5, 5.41) is 0. The lowest BCUT2D eigenvalue weighted by Gasteiger charge is -2.16. The normalized spacial score (nSPS) is 29.2. The van der Waals surface area contributed by atoms with Gasteiger partial charge in [0.15, 0.2) is 12.1 Å². The summed E-state index contributed by atoms with van der Waals surface area (Å²) in [7, 11) is 1.57. The fourth-order valence-corrected chi connectivity index (χ4v) is 0.879. The van der Waals surface area contributed by atoms with Crippen LogP contribution in [0.5, 0.6) is 0 Å². The highest BCUT2D eigenvalue weighted by Gasteiger charge is 2.33. The van der Waals surface area contributed by atoms with Gasteiger partial charge in [-0.2, -0.15) is 0 Å². The Kier molecular flexibility index (Phi) is 2.84. The summed E-state index contributed by atoms with van der Waals surface area (Å²) in [5.41, 5.74) is 0. The van der Waals surface area contributed by atoms with E-state index in [-0.39, 0.29) is 13.1 Å². The standard InChI is InChI=1S/C7H14O4/c1-7(2)10-4-6(11-7)9-5-8-3/h6H,4-5H2,1-3H3/t6-/m1/s1. The minimum Gasteiger partial charge on any atom is -0.359 e. The van der Waals surface area contributed by atoms with Gasteiger partial charge in [-0.1, -0.05) is 0 Å². The lowest BCUT2D eigenvalue weighted by atomic mass is 10.4. The molecule has 0 saturated carbocycles. The first kappa shape index (κ1) is 8.93. The molecule has 4 heteroatoms. The van der Waals surface area contributed by atoms with Crippen LogP contribution in [0, 0.1) is 0 Å². The monoisotopic (exact) mass is 162 g/mol. The maximum absolute atomic E-state index is 5.33. The minimum absolute atomic E-state index is 0.240. The van der Waals surface area contributed by atoms with Crippen LogP contribution in [0.1, 0.15) is 13.8 Å². The molecule has 0 aromatic rings. The van der Waals surface area contributed by atoms with Gasteiger partial charge in [-0.15, -0.1) is 0 Å². The molecule has 1 fully saturated rings. The molecule has 66 valence electrons. The first-order valence-corrected chi connectivity index (χ1v) is 3.56. The smallest absolute Gasteiger partial charge is 0.187 e. The third-order valence-electron chi connectivity index (χ3n) is 1.35. The van der Waals surface area contributed by atoms with Gasteiger partial charge in [0, 0.05) is 7.11 Å². The summed E-state index contributed by atoms with van der Waals surface area (Å²) in [6.45, 7) is 4.41. The van der Waals surface area contributed by atoms with Gasteiger partial charge in [0.05, 0.1) is 0 Å². The van der Waals surface area contributed by atoms with Crippen molar-refractivity contribution in [2.75, 3.05) is 20.5 Å². The van der Waals surface area contributed by atoms with Crippen LogP contribution in [-0.4, -0.2) is 32.6 Å². The van der Waals surface area contributed by atoms with E-state index >= 15 is 0 Å². The lowest BCUT2D eigenvalue weighted by molar-refractivity contribution is -0.213. The summed E-state index contributed by atoms with van der Waals surface area (Å²) in [6, 6.07) is 0. The zero-order valence-electron chi connectivity index (χ0n) is 7.12. The second kappa shape index (κ2) is 3.49. The molecule has 0 unspecified atom stereocenters. The Bertz CT molecular complexity index is 124. The Labute approximate surface area is 66.4 Å². The van der Waals surface area contributed by atoms with E-state index in [2.05, 4.69) is 0 Å². The van der Waals surface area contributed by atoms with Crippen molar-refractivity contribution in [1.82, 2.24) is 0 Å². The zero-order chi connectivity index (χ0) is 8.32. The largest absolute Gasteiger partial charge is 0.359 e. The predicted octanol–water partition coefficient (Wildman–Crippen LogP) is 0.716.